The van der Waals surface area contributed by atoms with Crippen LogP contribution in [0.4, 0.5) is 4.39 Å². The molecule has 1 aliphatic carbocycles. The molecule has 0 spiro atoms. The molecule has 6 heteroatoms. The Kier molecular flexibility index (Phi) is 7.69. The molecule has 0 radical (unpaired) electrons. The van der Waals surface area contributed by atoms with Crippen LogP contribution in [0.1, 0.15) is 45.1 Å². The predicted octanol–water partition coefficient (Wildman–Crippen LogP) is 2.96. The fourth-order valence-electron chi connectivity index (χ4n) is 3.07. The van der Waals surface area contributed by atoms with E-state index in [9.17, 15) is 8.60 Å². The SMILES string of the molecule is CCNC(=NCc1cccc(F)c1)NC1CCCC(S(=O)CC)C1. The molecule has 0 aliphatic heterocycles. The molecule has 0 heterocycles. The second-order valence-corrected chi connectivity index (χ2v) is 8.13. The summed E-state index contributed by atoms with van der Waals surface area (Å²) in [6.07, 6.45) is 4.14. The van der Waals surface area contributed by atoms with Crippen molar-refractivity contribution < 1.29 is 8.60 Å². The van der Waals surface area contributed by atoms with Crippen molar-refractivity contribution in [2.45, 2.75) is 57.4 Å². The standard InChI is InChI=1S/C18H28FN3OS/c1-3-20-18(21-13-14-7-5-8-15(19)11-14)22-16-9-6-10-17(12-16)24(23)4-2/h5,7-8,11,16-17H,3-4,6,9-10,12-13H2,1-2H3,(H2,20,21,22). The lowest BCUT2D eigenvalue weighted by molar-refractivity contribution is 0.413. The summed E-state index contributed by atoms with van der Waals surface area (Å²) in [6.45, 7) is 5.21. The molecule has 134 valence electrons. The Labute approximate surface area is 146 Å². The van der Waals surface area contributed by atoms with E-state index in [-0.39, 0.29) is 11.1 Å². The normalized spacial score (nSPS) is 22.9. The van der Waals surface area contributed by atoms with Gasteiger partial charge in [0.25, 0.3) is 0 Å². The fourth-order valence-corrected chi connectivity index (χ4v) is 4.42. The first-order chi connectivity index (χ1) is 11.6. The predicted molar refractivity (Wildman–Crippen MR) is 99.1 cm³/mol. The Bertz CT molecular complexity index is 579. The van der Waals surface area contributed by atoms with Crippen molar-refractivity contribution in [2.75, 3.05) is 12.3 Å². The van der Waals surface area contributed by atoms with Crippen molar-refractivity contribution in [1.29, 1.82) is 0 Å². The summed E-state index contributed by atoms with van der Waals surface area (Å²) < 4.78 is 25.3. The van der Waals surface area contributed by atoms with Crippen molar-refractivity contribution in [3.8, 4) is 0 Å². The Morgan fingerprint density at radius 1 is 1.38 bits per heavy atom. The van der Waals surface area contributed by atoms with E-state index in [1.54, 1.807) is 6.07 Å². The molecule has 1 fully saturated rings. The van der Waals surface area contributed by atoms with Gasteiger partial charge in [-0.25, -0.2) is 9.38 Å². The van der Waals surface area contributed by atoms with Gasteiger partial charge in [-0.1, -0.05) is 25.5 Å². The van der Waals surface area contributed by atoms with E-state index >= 15 is 0 Å². The first kappa shape index (κ1) is 18.9. The summed E-state index contributed by atoms with van der Waals surface area (Å²) >= 11 is 0. The number of hydrogen-bond donors (Lipinski definition) is 2. The molecule has 1 saturated carbocycles. The minimum Gasteiger partial charge on any atom is -0.357 e. The minimum absolute atomic E-state index is 0.238. The van der Waals surface area contributed by atoms with Gasteiger partial charge in [-0.2, -0.15) is 0 Å². The molecule has 0 amide bonds. The lowest BCUT2D eigenvalue weighted by Crippen LogP contribution is -2.46. The van der Waals surface area contributed by atoms with Gasteiger partial charge in [0.1, 0.15) is 5.82 Å². The van der Waals surface area contributed by atoms with Crippen LogP contribution in [0, 0.1) is 5.82 Å². The average Bonchev–Trinajstić information content (AvgIpc) is 2.59. The van der Waals surface area contributed by atoms with Crippen LogP contribution in [0.25, 0.3) is 0 Å². The fraction of sp³-hybridized carbons (Fsp3) is 0.611. The van der Waals surface area contributed by atoms with E-state index in [1.165, 1.54) is 12.1 Å². The molecule has 1 aromatic rings. The monoisotopic (exact) mass is 353 g/mol. The number of rotatable bonds is 6. The zero-order chi connectivity index (χ0) is 17.4. The lowest BCUT2D eigenvalue weighted by atomic mass is 9.95. The van der Waals surface area contributed by atoms with Gasteiger partial charge < -0.3 is 10.6 Å². The topological polar surface area (TPSA) is 53.5 Å². The first-order valence-corrected chi connectivity index (χ1v) is 10.2. The molecule has 0 aromatic heterocycles. The largest absolute Gasteiger partial charge is 0.357 e. The van der Waals surface area contributed by atoms with Crippen LogP contribution < -0.4 is 10.6 Å². The molecule has 1 aliphatic rings. The van der Waals surface area contributed by atoms with Crippen molar-refractivity contribution in [3.63, 3.8) is 0 Å². The average molecular weight is 354 g/mol. The highest BCUT2D eigenvalue weighted by atomic mass is 32.2. The van der Waals surface area contributed by atoms with Crippen LogP contribution in [-0.4, -0.2) is 33.8 Å². The van der Waals surface area contributed by atoms with Crippen molar-refractivity contribution >= 4 is 16.8 Å². The Morgan fingerprint density at radius 3 is 2.92 bits per heavy atom. The summed E-state index contributed by atoms with van der Waals surface area (Å²) in [7, 11) is -0.731. The summed E-state index contributed by atoms with van der Waals surface area (Å²) in [5, 5.41) is 6.99. The number of benzene rings is 1. The van der Waals surface area contributed by atoms with Gasteiger partial charge in [0, 0.05) is 34.4 Å². The highest BCUT2D eigenvalue weighted by Crippen LogP contribution is 2.23. The van der Waals surface area contributed by atoms with Gasteiger partial charge in [-0.3, -0.25) is 4.21 Å². The summed E-state index contributed by atoms with van der Waals surface area (Å²) in [5.41, 5.74) is 0.848. The van der Waals surface area contributed by atoms with Crippen molar-refractivity contribution in [2.24, 2.45) is 4.99 Å². The summed E-state index contributed by atoms with van der Waals surface area (Å²) in [4.78, 5) is 4.56. The third kappa shape index (κ3) is 5.89. The number of hydrogen-bond acceptors (Lipinski definition) is 2. The molecule has 2 rings (SSSR count). The number of halogens is 1. The van der Waals surface area contributed by atoms with E-state index < -0.39 is 10.8 Å². The van der Waals surface area contributed by atoms with Crippen LogP contribution in [0.15, 0.2) is 29.3 Å². The first-order valence-electron chi connectivity index (χ1n) is 8.78. The van der Waals surface area contributed by atoms with Gasteiger partial charge in [-0.05, 0) is 43.9 Å². The van der Waals surface area contributed by atoms with Crippen LogP contribution >= 0.6 is 0 Å². The zero-order valence-electron chi connectivity index (χ0n) is 14.6. The molecule has 1 aromatic carbocycles. The molecule has 2 N–H and O–H groups in total. The smallest absolute Gasteiger partial charge is 0.191 e. The Hall–Kier alpha value is -1.43. The van der Waals surface area contributed by atoms with E-state index in [1.807, 2.05) is 19.9 Å². The minimum atomic E-state index is -0.731. The second kappa shape index (κ2) is 9.77. The van der Waals surface area contributed by atoms with Crippen LogP contribution in [0.5, 0.6) is 0 Å². The van der Waals surface area contributed by atoms with Crippen molar-refractivity contribution in [1.82, 2.24) is 10.6 Å². The molecular formula is C18H28FN3OS. The zero-order valence-corrected chi connectivity index (χ0v) is 15.4. The maximum atomic E-state index is 13.3. The number of guanidine groups is 1. The van der Waals surface area contributed by atoms with E-state index in [2.05, 4.69) is 15.6 Å². The molecule has 3 atom stereocenters. The maximum Gasteiger partial charge on any atom is 0.191 e. The molecule has 0 bridgehead atoms. The van der Waals surface area contributed by atoms with Gasteiger partial charge >= 0.3 is 0 Å². The number of nitrogens with zero attached hydrogens (tertiary/aromatic N) is 1. The van der Waals surface area contributed by atoms with Crippen LogP contribution in [-0.2, 0) is 17.3 Å². The van der Waals surface area contributed by atoms with Gasteiger partial charge in [-0.15, -0.1) is 0 Å². The highest BCUT2D eigenvalue weighted by molar-refractivity contribution is 7.85. The molecule has 0 saturated heterocycles. The Morgan fingerprint density at radius 2 is 2.21 bits per heavy atom. The van der Waals surface area contributed by atoms with Crippen molar-refractivity contribution in [3.05, 3.63) is 35.6 Å². The number of aliphatic imine (C=N–C) groups is 1. The Balaban J connectivity index is 1.97. The molecule has 24 heavy (non-hydrogen) atoms. The third-order valence-corrected chi connectivity index (χ3v) is 6.02. The molecular weight excluding hydrogens is 325 g/mol. The molecule has 4 nitrogen and oxygen atoms in total. The van der Waals surface area contributed by atoms with E-state index in [0.717, 1.165) is 49.5 Å². The van der Waals surface area contributed by atoms with E-state index in [4.69, 9.17) is 0 Å². The quantitative estimate of drug-likeness (QED) is 0.611. The van der Waals surface area contributed by atoms with Gasteiger partial charge in [0.05, 0.1) is 6.54 Å². The van der Waals surface area contributed by atoms with Crippen LogP contribution in [0.2, 0.25) is 0 Å². The lowest BCUT2D eigenvalue weighted by Gasteiger charge is -2.30. The van der Waals surface area contributed by atoms with E-state index in [0.29, 0.717) is 12.6 Å². The summed E-state index contributed by atoms with van der Waals surface area (Å²) in [5.74, 6) is 1.23. The van der Waals surface area contributed by atoms with Crippen LogP contribution in [0.3, 0.4) is 0 Å². The summed E-state index contributed by atoms with van der Waals surface area (Å²) in [6, 6.07) is 6.81. The maximum absolute atomic E-state index is 13.3. The second-order valence-electron chi connectivity index (χ2n) is 6.12. The third-order valence-electron chi connectivity index (χ3n) is 4.28. The number of nitrogens with one attached hydrogen (secondary N) is 2. The highest BCUT2D eigenvalue weighted by Gasteiger charge is 2.25. The van der Waals surface area contributed by atoms with Gasteiger partial charge in [0.15, 0.2) is 5.96 Å². The molecule has 3 unspecified atom stereocenters. The van der Waals surface area contributed by atoms with Gasteiger partial charge in [0.2, 0.25) is 0 Å².